The molecule has 0 saturated heterocycles. The fourth-order valence-electron chi connectivity index (χ4n) is 1.28. The van der Waals surface area contributed by atoms with Crippen LogP contribution < -0.4 is 4.74 Å². The lowest BCUT2D eigenvalue weighted by atomic mass is 10.1. The van der Waals surface area contributed by atoms with Crippen molar-refractivity contribution in [3.8, 4) is 5.75 Å². The van der Waals surface area contributed by atoms with Crippen LogP contribution in [0.3, 0.4) is 0 Å². The number of ether oxygens (including phenoxy) is 1. The molecule has 1 aromatic rings. The molecule has 1 rings (SSSR count). The van der Waals surface area contributed by atoms with Gasteiger partial charge in [0.1, 0.15) is 5.75 Å². The van der Waals surface area contributed by atoms with Gasteiger partial charge in [-0.3, -0.25) is 4.79 Å². The summed E-state index contributed by atoms with van der Waals surface area (Å²) in [6.07, 6.45) is 0.936. The topological polar surface area (TPSA) is 26.3 Å². The van der Waals surface area contributed by atoms with Gasteiger partial charge in [-0.2, -0.15) is 0 Å². The Balaban J connectivity index is 2.81. The Morgan fingerprint density at radius 2 is 2.20 bits per heavy atom. The van der Waals surface area contributed by atoms with Crippen molar-refractivity contribution in [3.63, 3.8) is 0 Å². The van der Waals surface area contributed by atoms with E-state index < -0.39 is 0 Å². The van der Waals surface area contributed by atoms with E-state index in [9.17, 15) is 4.79 Å². The maximum Gasteiger partial charge on any atom is 0.163 e. The molecule has 0 N–H and O–H groups in total. The zero-order valence-corrected chi connectivity index (χ0v) is 10.6. The summed E-state index contributed by atoms with van der Waals surface area (Å²) in [6, 6.07) is 5.68. The van der Waals surface area contributed by atoms with Gasteiger partial charge in [0.15, 0.2) is 5.78 Å². The van der Waals surface area contributed by atoms with E-state index in [1.54, 1.807) is 6.92 Å². The molecule has 1 aromatic carbocycles. The second kappa shape index (κ2) is 5.91. The van der Waals surface area contributed by atoms with E-state index in [4.69, 9.17) is 4.74 Å². The quantitative estimate of drug-likeness (QED) is 0.466. The number of hydrogen-bond donors (Lipinski definition) is 0. The molecule has 0 bridgehead atoms. The summed E-state index contributed by atoms with van der Waals surface area (Å²) in [5, 5.41) is 0.911. The summed E-state index contributed by atoms with van der Waals surface area (Å²) in [5.41, 5.74) is 1.75. The summed E-state index contributed by atoms with van der Waals surface area (Å²) >= 11 is 3.34. The van der Waals surface area contributed by atoms with Crippen LogP contribution in [-0.4, -0.2) is 17.7 Å². The molecular weight excluding hydrogens is 256 g/mol. The Morgan fingerprint density at radius 1 is 1.47 bits per heavy atom. The van der Waals surface area contributed by atoms with Crippen molar-refractivity contribution in [1.29, 1.82) is 0 Å². The van der Waals surface area contributed by atoms with Crippen LogP contribution in [0.2, 0.25) is 0 Å². The molecule has 15 heavy (non-hydrogen) atoms. The molecular formula is C12H15BrO2. The van der Waals surface area contributed by atoms with Crippen molar-refractivity contribution < 1.29 is 9.53 Å². The van der Waals surface area contributed by atoms with Crippen molar-refractivity contribution >= 4 is 21.7 Å². The van der Waals surface area contributed by atoms with Crippen LogP contribution in [0, 0.1) is 6.92 Å². The number of Topliss-reactive ketones (excluding diaryl/α,β-unsaturated/α-hetero) is 1. The standard InChI is InChI=1S/C12H15BrO2/c1-9-4-5-12(15-7-3-6-13)11(8-9)10(2)14/h4-5,8H,3,6-7H2,1-2H3. The number of ketones is 1. The number of hydrogen-bond acceptors (Lipinski definition) is 2. The normalized spacial score (nSPS) is 10.1. The average Bonchev–Trinajstić information content (AvgIpc) is 2.20. The fraction of sp³-hybridized carbons (Fsp3) is 0.417. The molecule has 0 amide bonds. The van der Waals surface area contributed by atoms with Gasteiger partial charge in [-0.25, -0.2) is 0 Å². The van der Waals surface area contributed by atoms with Crippen LogP contribution in [0.1, 0.15) is 29.3 Å². The Kier molecular flexibility index (Phi) is 4.82. The van der Waals surface area contributed by atoms with Gasteiger partial charge < -0.3 is 4.74 Å². The van der Waals surface area contributed by atoms with E-state index in [1.165, 1.54) is 0 Å². The number of aryl methyl sites for hydroxylation is 1. The van der Waals surface area contributed by atoms with E-state index in [2.05, 4.69) is 15.9 Å². The molecule has 0 unspecified atom stereocenters. The number of carbonyl (C=O) groups excluding carboxylic acids is 1. The third-order valence-corrected chi connectivity index (χ3v) is 2.61. The first kappa shape index (κ1) is 12.2. The van der Waals surface area contributed by atoms with Crippen LogP contribution in [0.25, 0.3) is 0 Å². The van der Waals surface area contributed by atoms with Gasteiger partial charge in [-0.05, 0) is 32.4 Å². The highest BCUT2D eigenvalue weighted by atomic mass is 79.9. The minimum absolute atomic E-state index is 0.0487. The van der Waals surface area contributed by atoms with E-state index >= 15 is 0 Å². The highest BCUT2D eigenvalue weighted by Gasteiger charge is 2.08. The molecule has 0 aliphatic carbocycles. The summed E-state index contributed by atoms with van der Waals surface area (Å²) in [5.74, 6) is 0.738. The number of rotatable bonds is 5. The van der Waals surface area contributed by atoms with Crippen LogP contribution in [0.15, 0.2) is 18.2 Å². The largest absolute Gasteiger partial charge is 0.493 e. The molecule has 82 valence electrons. The molecule has 2 nitrogen and oxygen atoms in total. The number of benzene rings is 1. The van der Waals surface area contributed by atoms with Crippen molar-refractivity contribution in [2.75, 3.05) is 11.9 Å². The maximum absolute atomic E-state index is 11.4. The van der Waals surface area contributed by atoms with E-state index in [-0.39, 0.29) is 5.78 Å². The molecule has 0 aromatic heterocycles. The summed E-state index contributed by atoms with van der Waals surface area (Å²) in [7, 11) is 0. The molecule has 0 aliphatic rings. The van der Waals surface area contributed by atoms with Crippen molar-refractivity contribution in [3.05, 3.63) is 29.3 Å². The molecule has 0 aliphatic heterocycles. The molecule has 0 fully saturated rings. The highest BCUT2D eigenvalue weighted by molar-refractivity contribution is 9.09. The smallest absolute Gasteiger partial charge is 0.163 e. The minimum Gasteiger partial charge on any atom is -0.493 e. The first-order valence-corrected chi connectivity index (χ1v) is 6.07. The maximum atomic E-state index is 11.4. The van der Waals surface area contributed by atoms with Gasteiger partial charge in [0.05, 0.1) is 12.2 Å². The first-order chi connectivity index (χ1) is 7.15. The Labute approximate surface area is 98.8 Å². The predicted octanol–water partition coefficient (Wildman–Crippen LogP) is 3.36. The monoisotopic (exact) mass is 270 g/mol. The van der Waals surface area contributed by atoms with Gasteiger partial charge in [-0.1, -0.05) is 27.6 Å². The second-order valence-corrected chi connectivity index (χ2v) is 4.24. The van der Waals surface area contributed by atoms with Crippen LogP contribution in [0.5, 0.6) is 5.75 Å². The Bertz CT molecular complexity index is 347. The van der Waals surface area contributed by atoms with Crippen molar-refractivity contribution in [1.82, 2.24) is 0 Å². The summed E-state index contributed by atoms with van der Waals surface area (Å²) in [4.78, 5) is 11.4. The van der Waals surface area contributed by atoms with E-state index in [1.807, 2.05) is 25.1 Å². The number of carbonyl (C=O) groups is 1. The first-order valence-electron chi connectivity index (χ1n) is 4.95. The fourth-order valence-corrected chi connectivity index (χ4v) is 1.51. The van der Waals surface area contributed by atoms with Crippen molar-refractivity contribution in [2.45, 2.75) is 20.3 Å². The second-order valence-electron chi connectivity index (χ2n) is 3.45. The molecule has 3 heteroatoms. The van der Waals surface area contributed by atoms with E-state index in [0.29, 0.717) is 17.9 Å². The Morgan fingerprint density at radius 3 is 2.80 bits per heavy atom. The number of alkyl halides is 1. The van der Waals surface area contributed by atoms with Gasteiger partial charge in [0, 0.05) is 5.33 Å². The molecule has 0 radical (unpaired) electrons. The van der Waals surface area contributed by atoms with Crippen molar-refractivity contribution in [2.24, 2.45) is 0 Å². The molecule has 0 atom stereocenters. The molecule has 0 saturated carbocycles. The SMILES string of the molecule is CC(=O)c1cc(C)ccc1OCCCBr. The highest BCUT2D eigenvalue weighted by Crippen LogP contribution is 2.20. The third kappa shape index (κ3) is 3.67. The lowest BCUT2D eigenvalue weighted by molar-refractivity contribution is 0.101. The lowest BCUT2D eigenvalue weighted by Gasteiger charge is -2.09. The Hall–Kier alpha value is -0.830. The van der Waals surface area contributed by atoms with Gasteiger partial charge in [0.25, 0.3) is 0 Å². The van der Waals surface area contributed by atoms with Gasteiger partial charge in [0.2, 0.25) is 0 Å². The molecule has 0 heterocycles. The van der Waals surface area contributed by atoms with Crippen LogP contribution in [-0.2, 0) is 0 Å². The zero-order valence-electron chi connectivity index (χ0n) is 9.05. The van der Waals surface area contributed by atoms with Crippen LogP contribution in [0.4, 0.5) is 0 Å². The lowest BCUT2D eigenvalue weighted by Crippen LogP contribution is -2.03. The average molecular weight is 271 g/mol. The summed E-state index contributed by atoms with van der Waals surface area (Å²) in [6.45, 7) is 4.16. The summed E-state index contributed by atoms with van der Waals surface area (Å²) < 4.78 is 5.54. The van der Waals surface area contributed by atoms with Crippen LogP contribution >= 0.6 is 15.9 Å². The number of halogens is 1. The van der Waals surface area contributed by atoms with Gasteiger partial charge >= 0.3 is 0 Å². The molecule has 0 spiro atoms. The minimum atomic E-state index is 0.0487. The third-order valence-electron chi connectivity index (χ3n) is 2.05. The van der Waals surface area contributed by atoms with Gasteiger partial charge in [-0.15, -0.1) is 0 Å². The van der Waals surface area contributed by atoms with E-state index in [0.717, 1.165) is 17.3 Å². The zero-order chi connectivity index (χ0) is 11.3. The predicted molar refractivity (Wildman–Crippen MR) is 65.1 cm³/mol.